The molecule has 0 spiro atoms. The molecular weight excluding hydrogens is 347 g/mol. The second-order valence-corrected chi connectivity index (χ2v) is 5.34. The Morgan fingerprint density at radius 3 is 2.42 bits per heavy atom. The number of carbonyl (C=O) groups is 1. The molecule has 2 rings (SSSR count). The van der Waals surface area contributed by atoms with Crippen LogP contribution in [0, 0.1) is 0 Å². The topological polar surface area (TPSA) is 48.4 Å². The molecule has 128 valence electrons. The van der Waals surface area contributed by atoms with Crippen molar-refractivity contribution in [2.75, 3.05) is 0 Å². The third-order valence-electron chi connectivity index (χ3n) is 3.07. The predicted octanol–water partition coefficient (Wildman–Crippen LogP) is 4.90. The van der Waals surface area contributed by atoms with E-state index in [1.165, 1.54) is 13.0 Å². The average molecular weight is 360 g/mol. The van der Waals surface area contributed by atoms with Gasteiger partial charge in [0.05, 0.1) is 5.56 Å². The predicted molar refractivity (Wildman–Crippen MR) is 81.5 cm³/mol. The van der Waals surface area contributed by atoms with Gasteiger partial charge in [-0.3, -0.25) is 4.79 Å². The molecule has 4 nitrogen and oxygen atoms in total. The number of hydrogen-bond donors (Lipinski definition) is 0. The highest BCUT2D eigenvalue weighted by Gasteiger charge is 2.32. The summed E-state index contributed by atoms with van der Waals surface area (Å²) < 4.78 is 48.8. The van der Waals surface area contributed by atoms with Crippen LogP contribution in [0.5, 0.6) is 17.4 Å². The van der Waals surface area contributed by atoms with Crippen LogP contribution in [0.15, 0.2) is 36.5 Å². The molecule has 24 heavy (non-hydrogen) atoms. The number of nitrogens with zero attached hydrogens (tertiary/aromatic N) is 1. The Labute approximate surface area is 141 Å². The number of para-hydroxylation sites is 2. The molecule has 0 radical (unpaired) electrons. The molecule has 0 aliphatic carbocycles. The van der Waals surface area contributed by atoms with Crippen molar-refractivity contribution in [3.8, 4) is 17.4 Å². The van der Waals surface area contributed by atoms with Crippen molar-refractivity contribution in [1.29, 1.82) is 0 Å². The van der Waals surface area contributed by atoms with E-state index in [1.54, 1.807) is 25.1 Å². The van der Waals surface area contributed by atoms with Crippen molar-refractivity contribution < 1.29 is 27.4 Å². The van der Waals surface area contributed by atoms with Gasteiger partial charge >= 0.3 is 6.18 Å². The Balaban J connectivity index is 2.27. The van der Waals surface area contributed by atoms with Gasteiger partial charge in [-0.05, 0) is 32.0 Å². The summed E-state index contributed by atoms with van der Waals surface area (Å²) in [6.45, 7) is 2.95. The summed E-state index contributed by atoms with van der Waals surface area (Å²) in [5.74, 6) is 0.0457. The number of alkyl halides is 3. The lowest BCUT2D eigenvalue weighted by molar-refractivity contribution is -0.137. The first-order chi connectivity index (χ1) is 11.2. The van der Waals surface area contributed by atoms with E-state index in [4.69, 9.17) is 21.1 Å². The van der Waals surface area contributed by atoms with Gasteiger partial charge in [0.25, 0.3) is 0 Å². The number of benzene rings is 1. The molecule has 0 aliphatic heterocycles. The molecule has 0 saturated carbocycles. The smallest absolute Gasteiger partial charge is 0.417 e. The van der Waals surface area contributed by atoms with Crippen LogP contribution in [0.2, 0.25) is 5.02 Å². The highest BCUT2D eigenvalue weighted by Crippen LogP contribution is 2.37. The van der Waals surface area contributed by atoms with Gasteiger partial charge in [0.15, 0.2) is 23.4 Å². The summed E-state index contributed by atoms with van der Waals surface area (Å²) >= 11 is 5.81. The maximum atomic E-state index is 12.6. The first-order valence-corrected chi connectivity index (χ1v) is 7.23. The second-order valence-electron chi connectivity index (χ2n) is 4.93. The van der Waals surface area contributed by atoms with E-state index >= 15 is 0 Å². The zero-order chi connectivity index (χ0) is 17.9. The van der Waals surface area contributed by atoms with Crippen molar-refractivity contribution in [3.05, 3.63) is 47.1 Å². The molecule has 1 aromatic heterocycles. The Kier molecular flexibility index (Phi) is 5.33. The fraction of sp³-hybridized carbons (Fsp3) is 0.250. The van der Waals surface area contributed by atoms with Crippen LogP contribution in [-0.4, -0.2) is 16.9 Å². The zero-order valence-corrected chi connectivity index (χ0v) is 13.5. The summed E-state index contributed by atoms with van der Waals surface area (Å²) in [5.41, 5.74) is -0.977. The molecule has 0 N–H and O–H groups in total. The molecule has 0 unspecified atom stereocenters. The number of carbonyl (C=O) groups excluding carboxylic acids is 1. The van der Waals surface area contributed by atoms with Crippen LogP contribution < -0.4 is 9.47 Å². The van der Waals surface area contributed by atoms with Crippen LogP contribution in [0.25, 0.3) is 0 Å². The van der Waals surface area contributed by atoms with Crippen LogP contribution in [0.3, 0.4) is 0 Å². The quantitative estimate of drug-likeness (QED) is 0.761. The molecule has 0 amide bonds. The minimum Gasteiger partial charge on any atom is -0.479 e. The Bertz CT molecular complexity index is 750. The normalized spacial score (nSPS) is 12.6. The molecule has 1 aromatic carbocycles. The van der Waals surface area contributed by atoms with Crippen molar-refractivity contribution in [1.82, 2.24) is 4.98 Å². The second kappa shape index (κ2) is 7.09. The maximum Gasteiger partial charge on any atom is 0.417 e. The van der Waals surface area contributed by atoms with Gasteiger partial charge in [-0.1, -0.05) is 23.7 Å². The molecule has 8 heteroatoms. The van der Waals surface area contributed by atoms with Gasteiger partial charge in [0.1, 0.15) is 5.02 Å². The Morgan fingerprint density at radius 1 is 1.25 bits per heavy atom. The summed E-state index contributed by atoms with van der Waals surface area (Å²) in [4.78, 5) is 14.9. The standard InChI is InChI=1S/C16H13ClF3NO3/c1-9(22)10(2)23-13-5-3-4-6-14(13)24-15-12(17)7-11(8-21-15)16(18,19)20/h3-8,10H,1-2H3/t10-/m0/s1. The van der Waals surface area contributed by atoms with Crippen LogP contribution >= 0.6 is 11.6 Å². The summed E-state index contributed by atoms with van der Waals surface area (Å²) in [5, 5.41) is -0.292. The van der Waals surface area contributed by atoms with Crippen molar-refractivity contribution in [2.24, 2.45) is 0 Å². The monoisotopic (exact) mass is 359 g/mol. The highest BCUT2D eigenvalue weighted by atomic mass is 35.5. The molecule has 1 atom stereocenters. The summed E-state index contributed by atoms with van der Waals surface area (Å²) in [6, 6.07) is 7.12. The van der Waals surface area contributed by atoms with Gasteiger partial charge < -0.3 is 9.47 Å². The lowest BCUT2D eigenvalue weighted by atomic mass is 10.2. The van der Waals surface area contributed by atoms with E-state index < -0.39 is 17.8 Å². The molecular formula is C16H13ClF3NO3. The number of aromatic nitrogens is 1. The Morgan fingerprint density at radius 2 is 1.88 bits per heavy atom. The van der Waals surface area contributed by atoms with Crippen molar-refractivity contribution in [2.45, 2.75) is 26.1 Å². The maximum absolute atomic E-state index is 12.6. The zero-order valence-electron chi connectivity index (χ0n) is 12.7. The fourth-order valence-electron chi connectivity index (χ4n) is 1.66. The number of hydrogen-bond acceptors (Lipinski definition) is 4. The number of rotatable bonds is 5. The third kappa shape index (κ3) is 4.38. The summed E-state index contributed by atoms with van der Waals surface area (Å²) in [6.07, 6.45) is -4.62. The van der Waals surface area contributed by atoms with E-state index in [2.05, 4.69) is 4.98 Å². The largest absolute Gasteiger partial charge is 0.479 e. The average Bonchev–Trinajstić information content (AvgIpc) is 2.49. The van der Waals surface area contributed by atoms with E-state index in [-0.39, 0.29) is 28.2 Å². The van der Waals surface area contributed by atoms with Crippen LogP contribution in [0.1, 0.15) is 19.4 Å². The van der Waals surface area contributed by atoms with Crippen molar-refractivity contribution >= 4 is 17.4 Å². The molecule has 0 fully saturated rings. The molecule has 0 bridgehead atoms. The van der Waals surface area contributed by atoms with Gasteiger partial charge in [0.2, 0.25) is 5.88 Å². The number of pyridine rings is 1. The minimum absolute atomic E-state index is 0.180. The first kappa shape index (κ1) is 18.1. The van der Waals surface area contributed by atoms with Gasteiger partial charge in [0, 0.05) is 6.20 Å². The van der Waals surface area contributed by atoms with Crippen LogP contribution in [-0.2, 0) is 11.0 Å². The number of Topliss-reactive ketones (excluding diaryl/α,β-unsaturated/α-hetero) is 1. The molecule has 0 saturated heterocycles. The van der Waals surface area contributed by atoms with Crippen LogP contribution in [0.4, 0.5) is 13.2 Å². The highest BCUT2D eigenvalue weighted by molar-refractivity contribution is 6.31. The lowest BCUT2D eigenvalue weighted by Gasteiger charge is -2.16. The van der Waals surface area contributed by atoms with E-state index in [0.29, 0.717) is 6.20 Å². The molecule has 1 heterocycles. The fourth-order valence-corrected chi connectivity index (χ4v) is 1.87. The van der Waals surface area contributed by atoms with Gasteiger partial charge in [-0.25, -0.2) is 4.98 Å². The van der Waals surface area contributed by atoms with Gasteiger partial charge in [-0.2, -0.15) is 13.2 Å². The van der Waals surface area contributed by atoms with E-state index in [0.717, 1.165) is 6.07 Å². The van der Waals surface area contributed by atoms with E-state index in [9.17, 15) is 18.0 Å². The minimum atomic E-state index is -4.55. The van der Waals surface area contributed by atoms with Gasteiger partial charge in [-0.15, -0.1) is 0 Å². The van der Waals surface area contributed by atoms with Crippen molar-refractivity contribution in [3.63, 3.8) is 0 Å². The number of ether oxygens (including phenoxy) is 2. The first-order valence-electron chi connectivity index (χ1n) is 6.85. The molecule has 0 aliphatic rings. The SMILES string of the molecule is CC(=O)[C@H](C)Oc1ccccc1Oc1ncc(C(F)(F)F)cc1Cl. The third-order valence-corrected chi connectivity index (χ3v) is 3.34. The number of halogens is 4. The molecule has 2 aromatic rings. The Hall–Kier alpha value is -2.28. The number of ketones is 1. The van der Waals surface area contributed by atoms with E-state index in [1.807, 2.05) is 0 Å². The lowest BCUT2D eigenvalue weighted by Crippen LogP contribution is -2.20. The summed E-state index contributed by atoms with van der Waals surface area (Å²) in [7, 11) is 0.